The van der Waals surface area contributed by atoms with Gasteiger partial charge < -0.3 is 57.4 Å². The smallest absolute Gasteiger partial charge is 0.335 e. The maximum Gasteiger partial charge on any atom is 0.335 e. The number of aromatic carboxylic acids is 1. The zero-order valence-electron chi connectivity index (χ0n) is 38.3. The number of fused-ring (bicyclic) bond motifs is 1. The summed E-state index contributed by atoms with van der Waals surface area (Å²) in [5.74, 6) is 0.325. The number of hydrogen-bond donors (Lipinski definition) is 2. The Labute approximate surface area is 377 Å². The molecular formula is C46H74N4O14. The molecule has 2 saturated carbocycles. The topological polar surface area (TPSA) is 202 Å². The molecular weight excluding hydrogens is 833 g/mol. The number of aryl methyl sites for hydroxylation is 1. The SMILES string of the molecule is COCCOCCOCCOCCOCCOCCOCCOCCOCCO.Cn1c(-c2ccc(C(=O)O)cc2)nc2c1c(=O)n(CC1CCCCC1)c(=O)n2CC1CCCCC1. The van der Waals surface area contributed by atoms with Crippen LogP contribution < -0.4 is 11.2 Å². The Hall–Kier alpha value is -3.56. The number of carbonyl (C=O) groups is 1. The molecule has 1 aromatic carbocycles. The highest BCUT2D eigenvalue weighted by Gasteiger charge is 2.25. The lowest BCUT2D eigenvalue weighted by atomic mass is 9.89. The largest absolute Gasteiger partial charge is 0.478 e. The molecule has 64 heavy (non-hydrogen) atoms. The van der Waals surface area contributed by atoms with Gasteiger partial charge in [-0.1, -0.05) is 50.7 Å². The lowest BCUT2D eigenvalue weighted by molar-refractivity contribution is -0.0248. The Balaban J connectivity index is 0.000000287. The highest BCUT2D eigenvalue weighted by molar-refractivity contribution is 5.88. The molecule has 0 radical (unpaired) electrons. The molecule has 0 unspecified atom stereocenters. The van der Waals surface area contributed by atoms with Crippen molar-refractivity contribution >= 4 is 17.1 Å². The van der Waals surface area contributed by atoms with Gasteiger partial charge in [0, 0.05) is 32.8 Å². The maximum atomic E-state index is 13.7. The summed E-state index contributed by atoms with van der Waals surface area (Å²) in [4.78, 5) is 43.5. The van der Waals surface area contributed by atoms with E-state index in [1.165, 1.54) is 42.4 Å². The van der Waals surface area contributed by atoms with Crippen LogP contribution in [0.15, 0.2) is 33.9 Å². The number of aliphatic hydroxyl groups is 1. The normalized spacial score (nSPS) is 14.9. The molecule has 5 rings (SSSR count). The van der Waals surface area contributed by atoms with Crippen molar-refractivity contribution in [1.29, 1.82) is 0 Å². The lowest BCUT2D eigenvalue weighted by Gasteiger charge is -2.24. The summed E-state index contributed by atoms with van der Waals surface area (Å²) in [6.07, 6.45) is 11.4. The monoisotopic (exact) mass is 907 g/mol. The quantitative estimate of drug-likeness (QED) is 0.0845. The number of rotatable bonds is 32. The molecule has 18 nitrogen and oxygen atoms in total. The third-order valence-corrected chi connectivity index (χ3v) is 11.2. The second-order valence-corrected chi connectivity index (χ2v) is 16.0. The summed E-state index contributed by atoms with van der Waals surface area (Å²) in [7, 11) is 3.45. The van der Waals surface area contributed by atoms with Gasteiger partial charge >= 0.3 is 11.7 Å². The van der Waals surface area contributed by atoms with Gasteiger partial charge in [-0.2, -0.15) is 0 Å². The predicted octanol–water partition coefficient (Wildman–Crippen LogP) is 4.18. The van der Waals surface area contributed by atoms with E-state index in [4.69, 9.17) is 52.7 Å². The Bertz CT molecular complexity index is 1790. The zero-order chi connectivity index (χ0) is 45.6. The van der Waals surface area contributed by atoms with Crippen molar-refractivity contribution in [3.8, 4) is 11.4 Å². The van der Waals surface area contributed by atoms with E-state index < -0.39 is 5.97 Å². The van der Waals surface area contributed by atoms with Crippen LogP contribution in [-0.2, 0) is 62.8 Å². The van der Waals surface area contributed by atoms with Crippen molar-refractivity contribution in [1.82, 2.24) is 18.7 Å². The number of aliphatic hydroxyl groups excluding tert-OH is 1. The number of ether oxygens (including phenoxy) is 9. The van der Waals surface area contributed by atoms with E-state index in [1.54, 1.807) is 35.4 Å². The third kappa shape index (κ3) is 19.1. The highest BCUT2D eigenvalue weighted by atomic mass is 16.6. The van der Waals surface area contributed by atoms with Crippen LogP contribution in [0, 0.1) is 11.8 Å². The number of methoxy groups -OCH3 is 1. The molecule has 3 aromatic rings. The summed E-state index contributed by atoms with van der Waals surface area (Å²) >= 11 is 0. The standard InChI is InChI=1S/C27H34N4O4.C19H40O10/c1-29-22-24(28-23(29)20-12-14-21(15-13-20)26(33)34)30(16-18-8-4-2-5-9-18)27(35)31(25(22)32)17-19-10-6-3-7-11-19;1-21-4-5-23-8-9-25-12-13-27-16-17-29-19-18-28-15-14-26-11-10-24-7-6-22-3-2-20/h12-15,18-19H,2-11,16-17H2,1H3,(H,33,34);20H,2-19H2,1H3. The van der Waals surface area contributed by atoms with Crippen LogP contribution in [-0.4, -0.2) is 161 Å². The van der Waals surface area contributed by atoms with Crippen molar-refractivity contribution in [3.63, 3.8) is 0 Å². The molecule has 0 atom stereocenters. The minimum absolute atomic E-state index is 0.0322. The van der Waals surface area contributed by atoms with Crippen LogP contribution in [0.2, 0.25) is 0 Å². The Morgan fingerprint density at radius 2 is 0.984 bits per heavy atom. The van der Waals surface area contributed by atoms with Gasteiger partial charge in [0.05, 0.1) is 124 Å². The predicted molar refractivity (Wildman–Crippen MR) is 240 cm³/mol. The Kier molecular flexibility index (Phi) is 26.7. The summed E-state index contributed by atoms with van der Waals surface area (Å²) in [5, 5.41) is 17.8. The minimum Gasteiger partial charge on any atom is -0.478 e. The van der Waals surface area contributed by atoms with Gasteiger partial charge in [0.15, 0.2) is 11.2 Å². The van der Waals surface area contributed by atoms with Crippen molar-refractivity contribution in [2.75, 3.05) is 126 Å². The molecule has 0 saturated heterocycles. The van der Waals surface area contributed by atoms with Crippen molar-refractivity contribution in [2.24, 2.45) is 18.9 Å². The molecule has 0 amide bonds. The van der Waals surface area contributed by atoms with Crippen molar-refractivity contribution < 1.29 is 57.6 Å². The van der Waals surface area contributed by atoms with E-state index >= 15 is 0 Å². The first kappa shape index (κ1) is 53.1. The van der Waals surface area contributed by atoms with Gasteiger partial charge in [0.25, 0.3) is 5.56 Å². The van der Waals surface area contributed by atoms with E-state index in [-0.39, 0.29) is 23.4 Å². The van der Waals surface area contributed by atoms with Crippen molar-refractivity contribution in [2.45, 2.75) is 77.3 Å². The highest BCUT2D eigenvalue weighted by Crippen LogP contribution is 2.28. The fraction of sp³-hybridized carbons (Fsp3) is 0.739. The van der Waals surface area contributed by atoms with Gasteiger partial charge in [-0.3, -0.25) is 13.9 Å². The van der Waals surface area contributed by atoms with Gasteiger partial charge in [0.1, 0.15) is 5.82 Å². The summed E-state index contributed by atoms with van der Waals surface area (Å²) in [5.41, 5.74) is 1.25. The Morgan fingerprint density at radius 1 is 0.594 bits per heavy atom. The summed E-state index contributed by atoms with van der Waals surface area (Å²) in [6.45, 7) is 9.94. The van der Waals surface area contributed by atoms with Crippen LogP contribution in [0.4, 0.5) is 0 Å². The first-order chi connectivity index (χ1) is 31.3. The maximum absolute atomic E-state index is 13.7. The second kappa shape index (κ2) is 32.2. The molecule has 0 bridgehead atoms. The van der Waals surface area contributed by atoms with Gasteiger partial charge in [-0.05, 0) is 49.7 Å². The molecule has 0 aliphatic heterocycles. The number of aromatic nitrogens is 4. The third-order valence-electron chi connectivity index (χ3n) is 11.2. The first-order valence-electron chi connectivity index (χ1n) is 23.1. The average Bonchev–Trinajstić information content (AvgIpc) is 3.66. The molecule has 2 aromatic heterocycles. The number of imidazole rings is 1. The lowest BCUT2D eigenvalue weighted by Crippen LogP contribution is -2.43. The number of carboxylic acid groups (broad SMARTS) is 1. The summed E-state index contributed by atoms with van der Waals surface area (Å²) in [6, 6.07) is 6.48. The number of carboxylic acids is 1. The molecule has 2 aliphatic rings. The number of benzene rings is 1. The zero-order valence-corrected chi connectivity index (χ0v) is 38.3. The minimum atomic E-state index is -0.992. The molecule has 0 spiro atoms. The Morgan fingerprint density at radius 3 is 1.38 bits per heavy atom. The van der Waals surface area contributed by atoms with E-state index in [0.717, 1.165) is 38.5 Å². The van der Waals surface area contributed by atoms with Crippen molar-refractivity contribution in [3.05, 3.63) is 50.7 Å². The molecule has 2 heterocycles. The molecule has 2 aliphatic carbocycles. The van der Waals surface area contributed by atoms with Crippen LogP contribution >= 0.6 is 0 Å². The number of hydrogen-bond acceptors (Lipinski definition) is 14. The van der Waals surface area contributed by atoms with Gasteiger partial charge in [-0.25, -0.2) is 14.6 Å². The van der Waals surface area contributed by atoms with Gasteiger partial charge in [-0.15, -0.1) is 0 Å². The average molecular weight is 907 g/mol. The van der Waals surface area contributed by atoms with Gasteiger partial charge in [0.2, 0.25) is 0 Å². The van der Waals surface area contributed by atoms with Crippen LogP contribution in [0.25, 0.3) is 22.6 Å². The fourth-order valence-corrected chi connectivity index (χ4v) is 7.81. The van der Waals surface area contributed by atoms with Crippen LogP contribution in [0.5, 0.6) is 0 Å². The number of nitrogens with zero attached hydrogens (tertiary/aromatic N) is 4. The van der Waals surface area contributed by atoms with E-state index in [1.807, 2.05) is 0 Å². The molecule has 2 N–H and O–H groups in total. The van der Waals surface area contributed by atoms with E-state index in [0.29, 0.717) is 160 Å². The fourth-order valence-electron chi connectivity index (χ4n) is 7.81. The first-order valence-corrected chi connectivity index (χ1v) is 23.1. The molecule has 18 heteroatoms. The van der Waals surface area contributed by atoms with E-state index in [9.17, 15) is 19.5 Å². The molecule has 2 fully saturated rings. The summed E-state index contributed by atoms with van der Waals surface area (Å²) < 4.78 is 52.4. The van der Waals surface area contributed by atoms with Crippen LogP contribution in [0.3, 0.4) is 0 Å². The molecule has 362 valence electrons. The second-order valence-electron chi connectivity index (χ2n) is 16.0. The van der Waals surface area contributed by atoms with Crippen LogP contribution in [0.1, 0.15) is 74.6 Å². The van der Waals surface area contributed by atoms with E-state index in [2.05, 4.69) is 0 Å².